The minimum absolute atomic E-state index is 0.0389. The largest absolute Gasteiger partial charge is 0.301 e. The molecule has 0 fully saturated rings. The van der Waals surface area contributed by atoms with E-state index in [0.717, 1.165) is 5.01 Å². The maximum absolute atomic E-state index is 11.0. The first-order valence-electron chi connectivity index (χ1n) is 3.38. The fourth-order valence-corrected chi connectivity index (χ4v) is 1.58. The van der Waals surface area contributed by atoms with Crippen LogP contribution in [0.5, 0.6) is 0 Å². The van der Waals surface area contributed by atoms with E-state index >= 15 is 0 Å². The average molecular weight is 250 g/mol. The third kappa shape index (κ3) is 2.86. The molecule has 0 atom stereocenters. The summed E-state index contributed by atoms with van der Waals surface area (Å²) in [5.74, 6) is -0.0389. The van der Waals surface area contributed by atoms with Crippen molar-refractivity contribution in [3.05, 3.63) is 5.01 Å². The van der Waals surface area contributed by atoms with Crippen LogP contribution in [0, 0.1) is 6.92 Å². The molecule has 0 bridgehead atoms. The van der Waals surface area contributed by atoms with Crippen LogP contribution in [0.25, 0.3) is 0 Å². The van der Waals surface area contributed by atoms with E-state index in [1.807, 2.05) is 6.92 Å². The van der Waals surface area contributed by atoms with E-state index in [4.69, 9.17) is 0 Å². The lowest BCUT2D eigenvalue weighted by molar-refractivity contribution is -0.115. The average Bonchev–Trinajstić information content (AvgIpc) is 2.36. The van der Waals surface area contributed by atoms with Gasteiger partial charge < -0.3 is 5.32 Å². The first-order chi connectivity index (χ1) is 5.72. The number of anilines is 1. The molecule has 0 aliphatic carbocycles. The first kappa shape index (κ1) is 9.60. The van der Waals surface area contributed by atoms with E-state index < -0.39 is 0 Å². The van der Waals surface area contributed by atoms with E-state index in [0.29, 0.717) is 16.9 Å². The number of carbonyl (C=O) groups excluding carboxylic acids is 1. The molecule has 0 radical (unpaired) electrons. The number of aryl methyl sites for hydroxylation is 1. The second-order valence-electron chi connectivity index (χ2n) is 2.11. The highest BCUT2D eigenvalue weighted by molar-refractivity contribution is 9.09. The maximum Gasteiger partial charge on any atom is 0.227 e. The van der Waals surface area contributed by atoms with Gasteiger partial charge in [-0.15, -0.1) is 10.2 Å². The second-order valence-corrected chi connectivity index (χ2v) is 4.09. The lowest BCUT2D eigenvalue weighted by atomic mass is 10.5. The second kappa shape index (κ2) is 4.51. The molecule has 0 aromatic carbocycles. The zero-order valence-corrected chi connectivity index (χ0v) is 8.91. The Hall–Kier alpha value is -0.490. The molecule has 1 rings (SSSR count). The van der Waals surface area contributed by atoms with Gasteiger partial charge in [-0.3, -0.25) is 4.79 Å². The van der Waals surface area contributed by atoms with Gasteiger partial charge in [0, 0.05) is 11.8 Å². The summed E-state index contributed by atoms with van der Waals surface area (Å²) in [5, 5.41) is 12.3. The van der Waals surface area contributed by atoms with Crippen molar-refractivity contribution in [2.75, 3.05) is 10.6 Å². The Labute approximate surface area is 82.5 Å². The van der Waals surface area contributed by atoms with E-state index in [2.05, 4.69) is 31.4 Å². The lowest BCUT2D eigenvalue weighted by Crippen LogP contribution is -2.11. The number of rotatable bonds is 3. The van der Waals surface area contributed by atoms with Crippen molar-refractivity contribution < 1.29 is 4.79 Å². The molecule has 0 unspecified atom stereocenters. The van der Waals surface area contributed by atoms with E-state index in [1.165, 1.54) is 11.3 Å². The van der Waals surface area contributed by atoms with Crippen LogP contribution in [0.4, 0.5) is 5.13 Å². The first-order valence-corrected chi connectivity index (χ1v) is 5.32. The minimum atomic E-state index is -0.0389. The summed E-state index contributed by atoms with van der Waals surface area (Å²) >= 11 is 4.55. The van der Waals surface area contributed by atoms with Gasteiger partial charge in [-0.25, -0.2) is 0 Å². The van der Waals surface area contributed by atoms with Crippen molar-refractivity contribution in [3.63, 3.8) is 0 Å². The summed E-state index contributed by atoms with van der Waals surface area (Å²) in [4.78, 5) is 11.0. The number of halogens is 1. The smallest absolute Gasteiger partial charge is 0.227 e. The standard InChI is InChI=1S/C6H8BrN3OS/c1-4-9-10-6(12-4)8-5(11)2-3-7/h2-3H2,1H3,(H,8,10,11). The molecule has 0 saturated heterocycles. The Morgan fingerprint density at radius 3 is 2.92 bits per heavy atom. The Morgan fingerprint density at radius 2 is 2.42 bits per heavy atom. The van der Waals surface area contributed by atoms with Crippen molar-refractivity contribution in [2.24, 2.45) is 0 Å². The van der Waals surface area contributed by atoms with E-state index in [9.17, 15) is 4.79 Å². The van der Waals surface area contributed by atoms with Gasteiger partial charge in [0.2, 0.25) is 11.0 Å². The third-order valence-corrected chi connectivity index (χ3v) is 2.24. The van der Waals surface area contributed by atoms with Gasteiger partial charge in [-0.1, -0.05) is 27.3 Å². The fraction of sp³-hybridized carbons (Fsp3) is 0.500. The number of carbonyl (C=O) groups is 1. The molecule has 1 aromatic rings. The molecule has 0 spiro atoms. The SMILES string of the molecule is Cc1nnc(NC(=O)CCBr)s1. The quantitative estimate of drug-likeness (QED) is 0.828. The van der Waals surface area contributed by atoms with Crippen molar-refractivity contribution in [1.82, 2.24) is 10.2 Å². The van der Waals surface area contributed by atoms with Gasteiger partial charge in [0.15, 0.2) is 0 Å². The maximum atomic E-state index is 11.0. The summed E-state index contributed by atoms with van der Waals surface area (Å²) < 4.78 is 0. The molecule has 12 heavy (non-hydrogen) atoms. The molecule has 0 saturated carbocycles. The number of nitrogens with zero attached hydrogens (tertiary/aromatic N) is 2. The predicted molar refractivity (Wildman–Crippen MR) is 51.7 cm³/mol. The topological polar surface area (TPSA) is 54.9 Å². The number of alkyl halides is 1. The lowest BCUT2D eigenvalue weighted by Gasteiger charge is -1.95. The number of hydrogen-bond acceptors (Lipinski definition) is 4. The summed E-state index contributed by atoms with van der Waals surface area (Å²) in [5.41, 5.74) is 0. The molecule has 0 aliphatic rings. The highest BCUT2D eigenvalue weighted by atomic mass is 79.9. The summed E-state index contributed by atoms with van der Waals surface area (Å²) in [6.45, 7) is 1.85. The Kier molecular flexibility index (Phi) is 3.61. The normalized spacial score (nSPS) is 9.83. The Balaban J connectivity index is 2.46. The molecule has 1 amide bonds. The van der Waals surface area contributed by atoms with Gasteiger partial charge in [0.1, 0.15) is 5.01 Å². The van der Waals surface area contributed by atoms with Gasteiger partial charge in [0.25, 0.3) is 0 Å². The van der Waals surface area contributed by atoms with Crippen molar-refractivity contribution >= 4 is 38.3 Å². The van der Waals surface area contributed by atoms with Crippen molar-refractivity contribution in [1.29, 1.82) is 0 Å². The van der Waals surface area contributed by atoms with Crippen LogP contribution in [0.3, 0.4) is 0 Å². The molecule has 4 nitrogen and oxygen atoms in total. The number of aromatic nitrogens is 2. The van der Waals surface area contributed by atoms with Crippen molar-refractivity contribution in [2.45, 2.75) is 13.3 Å². The number of nitrogens with one attached hydrogen (secondary N) is 1. The summed E-state index contributed by atoms with van der Waals surface area (Å²) in [6.07, 6.45) is 0.457. The summed E-state index contributed by atoms with van der Waals surface area (Å²) in [6, 6.07) is 0. The number of hydrogen-bond donors (Lipinski definition) is 1. The van der Waals surface area contributed by atoms with Crippen molar-refractivity contribution in [3.8, 4) is 0 Å². The number of amides is 1. The molecule has 1 N–H and O–H groups in total. The highest BCUT2D eigenvalue weighted by Crippen LogP contribution is 2.13. The van der Waals surface area contributed by atoms with Crippen LogP contribution in [-0.4, -0.2) is 21.4 Å². The van der Waals surface area contributed by atoms with Crippen LogP contribution in [0.2, 0.25) is 0 Å². The molecule has 1 heterocycles. The van der Waals surface area contributed by atoms with Gasteiger partial charge in [-0.05, 0) is 6.92 Å². The van der Waals surface area contributed by atoms with Gasteiger partial charge in [0.05, 0.1) is 0 Å². The van der Waals surface area contributed by atoms with Crippen LogP contribution in [0.15, 0.2) is 0 Å². The molecule has 1 aromatic heterocycles. The third-order valence-electron chi connectivity index (χ3n) is 1.09. The molecule has 66 valence electrons. The zero-order chi connectivity index (χ0) is 8.97. The highest BCUT2D eigenvalue weighted by Gasteiger charge is 2.04. The van der Waals surface area contributed by atoms with E-state index in [1.54, 1.807) is 0 Å². The van der Waals surface area contributed by atoms with Crippen LogP contribution >= 0.6 is 27.3 Å². The summed E-state index contributed by atoms with van der Waals surface area (Å²) in [7, 11) is 0. The van der Waals surface area contributed by atoms with Gasteiger partial charge in [-0.2, -0.15) is 0 Å². The van der Waals surface area contributed by atoms with Crippen LogP contribution in [-0.2, 0) is 4.79 Å². The molecule has 6 heteroatoms. The zero-order valence-electron chi connectivity index (χ0n) is 6.50. The Morgan fingerprint density at radius 1 is 1.67 bits per heavy atom. The minimum Gasteiger partial charge on any atom is -0.301 e. The Bertz CT molecular complexity index is 276. The van der Waals surface area contributed by atoms with E-state index in [-0.39, 0.29) is 5.91 Å². The van der Waals surface area contributed by atoms with Gasteiger partial charge >= 0.3 is 0 Å². The predicted octanol–water partition coefficient (Wildman–Crippen LogP) is 1.57. The molecule has 0 aliphatic heterocycles. The van der Waals surface area contributed by atoms with Crippen LogP contribution in [0.1, 0.15) is 11.4 Å². The monoisotopic (exact) mass is 249 g/mol. The molecular weight excluding hydrogens is 242 g/mol. The molecular formula is C6H8BrN3OS. The fourth-order valence-electron chi connectivity index (χ4n) is 0.615. The van der Waals surface area contributed by atoms with Crippen LogP contribution < -0.4 is 5.32 Å².